The Morgan fingerprint density at radius 1 is 1.53 bits per heavy atom. The lowest BCUT2D eigenvalue weighted by Crippen LogP contribution is -2.18. The van der Waals surface area contributed by atoms with E-state index < -0.39 is 6.23 Å². The number of amides is 1. The SMILES string of the molecule is Cn1cc2ccc3c(c2n1)C(=O)NC3O. The average Bonchev–Trinajstić information content (AvgIpc) is 2.66. The van der Waals surface area contributed by atoms with Gasteiger partial charge < -0.3 is 10.4 Å². The molecule has 15 heavy (non-hydrogen) atoms. The molecule has 0 saturated carbocycles. The molecule has 1 aromatic carbocycles. The second-order valence-corrected chi connectivity index (χ2v) is 3.65. The fourth-order valence-corrected chi connectivity index (χ4v) is 1.96. The van der Waals surface area contributed by atoms with E-state index in [0.717, 1.165) is 5.39 Å². The minimum Gasteiger partial charge on any atom is -0.369 e. The maximum Gasteiger partial charge on any atom is 0.256 e. The molecule has 3 rings (SSSR count). The molecular formula is C10H9N3O2. The Balaban J connectivity index is 2.43. The second-order valence-electron chi connectivity index (χ2n) is 3.65. The average molecular weight is 203 g/mol. The van der Waals surface area contributed by atoms with Crippen LogP contribution in [0.1, 0.15) is 22.1 Å². The van der Waals surface area contributed by atoms with E-state index in [4.69, 9.17) is 0 Å². The number of aliphatic hydroxyl groups is 1. The fourth-order valence-electron chi connectivity index (χ4n) is 1.96. The Hall–Kier alpha value is -1.88. The van der Waals surface area contributed by atoms with Crippen molar-refractivity contribution in [3.63, 3.8) is 0 Å². The lowest BCUT2D eigenvalue weighted by molar-refractivity contribution is 0.0851. The van der Waals surface area contributed by atoms with Gasteiger partial charge in [-0.15, -0.1) is 0 Å². The minimum atomic E-state index is -0.904. The van der Waals surface area contributed by atoms with Gasteiger partial charge in [0.2, 0.25) is 0 Å². The number of carbonyl (C=O) groups is 1. The van der Waals surface area contributed by atoms with Crippen molar-refractivity contribution in [2.75, 3.05) is 0 Å². The van der Waals surface area contributed by atoms with Gasteiger partial charge in [0.15, 0.2) is 6.23 Å². The number of nitrogens with one attached hydrogen (secondary N) is 1. The standard InChI is InChI=1S/C10H9N3O2/c1-13-4-5-2-3-6-7(8(5)12-13)10(15)11-9(6)14/h2-4,9,14H,1H3,(H,11,15). The lowest BCUT2D eigenvalue weighted by atomic mass is 10.1. The summed E-state index contributed by atoms with van der Waals surface area (Å²) in [5.41, 5.74) is 1.73. The summed E-state index contributed by atoms with van der Waals surface area (Å²) in [4.78, 5) is 11.6. The third-order valence-electron chi connectivity index (χ3n) is 2.61. The molecule has 0 spiro atoms. The molecule has 76 valence electrons. The van der Waals surface area contributed by atoms with Crippen LogP contribution in [-0.4, -0.2) is 20.8 Å². The number of carbonyl (C=O) groups excluding carboxylic acids is 1. The fraction of sp³-hybridized carbons (Fsp3) is 0.200. The zero-order valence-electron chi connectivity index (χ0n) is 8.06. The highest BCUT2D eigenvalue weighted by molar-refractivity contribution is 6.09. The number of hydrogen-bond acceptors (Lipinski definition) is 3. The van der Waals surface area contributed by atoms with E-state index in [2.05, 4.69) is 10.4 Å². The van der Waals surface area contributed by atoms with Gasteiger partial charge in [0.25, 0.3) is 5.91 Å². The van der Waals surface area contributed by atoms with Crippen LogP contribution in [0.4, 0.5) is 0 Å². The zero-order valence-corrected chi connectivity index (χ0v) is 8.06. The Morgan fingerprint density at radius 2 is 2.33 bits per heavy atom. The third-order valence-corrected chi connectivity index (χ3v) is 2.61. The van der Waals surface area contributed by atoms with Crippen molar-refractivity contribution in [3.8, 4) is 0 Å². The van der Waals surface area contributed by atoms with Crippen molar-refractivity contribution >= 4 is 16.8 Å². The number of aryl methyl sites for hydroxylation is 1. The summed E-state index contributed by atoms with van der Waals surface area (Å²) in [7, 11) is 1.80. The van der Waals surface area contributed by atoms with Gasteiger partial charge in [0.1, 0.15) is 5.52 Å². The van der Waals surface area contributed by atoms with E-state index in [1.807, 2.05) is 12.3 Å². The van der Waals surface area contributed by atoms with Gasteiger partial charge in [-0.1, -0.05) is 12.1 Å². The molecule has 0 fully saturated rings. The molecular weight excluding hydrogens is 194 g/mol. The van der Waals surface area contributed by atoms with Crippen LogP contribution in [0.5, 0.6) is 0 Å². The van der Waals surface area contributed by atoms with Crippen LogP contribution >= 0.6 is 0 Å². The van der Waals surface area contributed by atoms with Crippen LogP contribution in [0.15, 0.2) is 18.3 Å². The Bertz CT molecular complexity index is 573. The summed E-state index contributed by atoms with van der Waals surface area (Å²) in [5, 5.41) is 17.1. The van der Waals surface area contributed by atoms with Gasteiger partial charge >= 0.3 is 0 Å². The van der Waals surface area contributed by atoms with Gasteiger partial charge in [-0.2, -0.15) is 5.10 Å². The summed E-state index contributed by atoms with van der Waals surface area (Å²) in [6.45, 7) is 0. The molecule has 1 amide bonds. The summed E-state index contributed by atoms with van der Waals surface area (Å²) in [6.07, 6.45) is 0.937. The second kappa shape index (κ2) is 2.58. The van der Waals surface area contributed by atoms with Crippen molar-refractivity contribution in [2.24, 2.45) is 7.05 Å². The van der Waals surface area contributed by atoms with Gasteiger partial charge in [-0.25, -0.2) is 0 Å². The number of benzene rings is 1. The molecule has 0 saturated heterocycles. The topological polar surface area (TPSA) is 67.2 Å². The molecule has 0 radical (unpaired) electrons. The van der Waals surface area contributed by atoms with Crippen molar-refractivity contribution in [2.45, 2.75) is 6.23 Å². The first-order valence-corrected chi connectivity index (χ1v) is 4.62. The van der Waals surface area contributed by atoms with E-state index in [1.54, 1.807) is 17.8 Å². The van der Waals surface area contributed by atoms with Crippen LogP contribution < -0.4 is 5.32 Å². The van der Waals surface area contributed by atoms with Gasteiger partial charge in [0.05, 0.1) is 5.56 Å². The maximum absolute atomic E-state index is 11.6. The number of nitrogens with zero attached hydrogens (tertiary/aromatic N) is 2. The quantitative estimate of drug-likeness (QED) is 0.647. The van der Waals surface area contributed by atoms with Crippen LogP contribution in [-0.2, 0) is 7.05 Å². The molecule has 2 N–H and O–H groups in total. The molecule has 1 atom stereocenters. The Morgan fingerprint density at radius 3 is 3.13 bits per heavy atom. The van der Waals surface area contributed by atoms with Crippen molar-refractivity contribution in [3.05, 3.63) is 29.5 Å². The highest BCUT2D eigenvalue weighted by Gasteiger charge is 2.29. The Labute approximate surface area is 85.3 Å². The van der Waals surface area contributed by atoms with Gasteiger partial charge in [0, 0.05) is 24.2 Å². The first-order chi connectivity index (χ1) is 7.16. The highest BCUT2D eigenvalue weighted by atomic mass is 16.3. The molecule has 2 heterocycles. The van der Waals surface area contributed by atoms with Crippen LogP contribution in [0.2, 0.25) is 0 Å². The van der Waals surface area contributed by atoms with Crippen molar-refractivity contribution in [1.82, 2.24) is 15.1 Å². The molecule has 5 heteroatoms. The van der Waals surface area contributed by atoms with Crippen molar-refractivity contribution < 1.29 is 9.90 Å². The number of aromatic nitrogens is 2. The molecule has 0 aliphatic carbocycles. The monoisotopic (exact) mass is 203 g/mol. The molecule has 0 bridgehead atoms. The van der Waals surface area contributed by atoms with Gasteiger partial charge in [-0.05, 0) is 0 Å². The number of hydrogen-bond donors (Lipinski definition) is 2. The first-order valence-electron chi connectivity index (χ1n) is 4.62. The van der Waals surface area contributed by atoms with Crippen LogP contribution in [0.3, 0.4) is 0 Å². The number of aliphatic hydroxyl groups excluding tert-OH is 1. The normalized spacial score (nSPS) is 19.3. The molecule has 5 nitrogen and oxygen atoms in total. The minimum absolute atomic E-state index is 0.262. The van der Waals surface area contributed by atoms with E-state index >= 15 is 0 Å². The van der Waals surface area contributed by atoms with Crippen LogP contribution in [0, 0.1) is 0 Å². The molecule has 1 aliphatic heterocycles. The predicted molar refractivity (Wildman–Crippen MR) is 53.1 cm³/mol. The largest absolute Gasteiger partial charge is 0.369 e. The van der Waals surface area contributed by atoms with Crippen LogP contribution in [0.25, 0.3) is 10.9 Å². The number of fused-ring (bicyclic) bond motifs is 3. The molecule has 1 aromatic heterocycles. The van der Waals surface area contributed by atoms with E-state index in [0.29, 0.717) is 16.6 Å². The van der Waals surface area contributed by atoms with E-state index in [9.17, 15) is 9.90 Å². The summed E-state index contributed by atoms with van der Waals surface area (Å²) >= 11 is 0. The summed E-state index contributed by atoms with van der Waals surface area (Å²) in [5.74, 6) is -0.262. The predicted octanol–water partition coefficient (Wildman–Crippen LogP) is 0.308. The summed E-state index contributed by atoms with van der Waals surface area (Å²) < 4.78 is 1.66. The van der Waals surface area contributed by atoms with Crippen molar-refractivity contribution in [1.29, 1.82) is 0 Å². The van der Waals surface area contributed by atoms with E-state index in [1.165, 1.54) is 0 Å². The molecule has 1 aliphatic rings. The first kappa shape index (κ1) is 8.43. The van der Waals surface area contributed by atoms with E-state index in [-0.39, 0.29) is 5.91 Å². The smallest absolute Gasteiger partial charge is 0.256 e. The van der Waals surface area contributed by atoms with Gasteiger partial charge in [-0.3, -0.25) is 9.48 Å². The zero-order chi connectivity index (χ0) is 10.6. The Kier molecular flexibility index (Phi) is 1.45. The summed E-state index contributed by atoms with van der Waals surface area (Å²) in [6, 6.07) is 3.60. The molecule has 1 unspecified atom stereocenters. The lowest BCUT2D eigenvalue weighted by Gasteiger charge is -2.00. The highest BCUT2D eigenvalue weighted by Crippen LogP contribution is 2.29. The molecule has 2 aromatic rings. The number of rotatable bonds is 0. The maximum atomic E-state index is 11.6. The third kappa shape index (κ3) is 1.01.